The van der Waals surface area contributed by atoms with Gasteiger partial charge in [0.1, 0.15) is 12.0 Å². The lowest BCUT2D eigenvalue weighted by Gasteiger charge is -2.36. The van der Waals surface area contributed by atoms with Gasteiger partial charge >= 0.3 is 0 Å². The van der Waals surface area contributed by atoms with Crippen LogP contribution in [0.2, 0.25) is 0 Å². The number of aliphatic imine (C=N–C) groups is 1. The lowest BCUT2D eigenvalue weighted by molar-refractivity contribution is 0.172. The minimum atomic E-state index is -0.317. The second-order valence-corrected chi connectivity index (χ2v) is 6.39. The number of hydrogen-bond acceptors (Lipinski definition) is 5. The van der Waals surface area contributed by atoms with Crippen LogP contribution in [0.5, 0.6) is 5.75 Å². The molecule has 0 saturated carbocycles. The van der Waals surface area contributed by atoms with E-state index in [1.165, 1.54) is 7.11 Å². The summed E-state index contributed by atoms with van der Waals surface area (Å²) in [5.74, 6) is 0.848. The molecule has 1 aliphatic rings. The lowest BCUT2D eigenvalue weighted by atomic mass is 10.2. The predicted molar refractivity (Wildman–Crippen MR) is 117 cm³/mol. The fourth-order valence-electron chi connectivity index (χ4n) is 3.09. The molecule has 7 nitrogen and oxygen atoms in total. The van der Waals surface area contributed by atoms with Gasteiger partial charge in [-0.3, -0.25) is 4.90 Å². The number of aromatic nitrogens is 1. The molecule has 1 aromatic carbocycles. The Morgan fingerprint density at radius 1 is 1.29 bits per heavy atom. The van der Waals surface area contributed by atoms with Crippen molar-refractivity contribution in [2.45, 2.75) is 20.0 Å². The van der Waals surface area contributed by atoms with Crippen LogP contribution in [0, 0.1) is 5.82 Å². The van der Waals surface area contributed by atoms with Crippen LogP contribution in [0.4, 0.5) is 4.39 Å². The highest BCUT2D eigenvalue weighted by Crippen LogP contribution is 2.19. The van der Waals surface area contributed by atoms with Crippen molar-refractivity contribution in [1.82, 2.24) is 20.3 Å². The first-order chi connectivity index (χ1) is 13.2. The number of benzene rings is 1. The summed E-state index contributed by atoms with van der Waals surface area (Å²) in [6.07, 6.45) is 1.55. The first kappa shape index (κ1) is 22.4. The molecule has 0 atom stereocenters. The third-order valence-electron chi connectivity index (χ3n) is 4.51. The topological polar surface area (TPSA) is 66.1 Å². The molecule has 1 fully saturated rings. The van der Waals surface area contributed by atoms with Crippen LogP contribution < -0.4 is 10.1 Å². The molecule has 1 N–H and O–H groups in total. The Kier molecular flexibility index (Phi) is 8.97. The van der Waals surface area contributed by atoms with Crippen LogP contribution in [0.3, 0.4) is 0 Å². The Labute approximate surface area is 181 Å². The monoisotopic (exact) mass is 503 g/mol. The zero-order valence-corrected chi connectivity index (χ0v) is 18.6. The highest BCUT2D eigenvalue weighted by Gasteiger charge is 2.20. The molecular weight excluding hydrogens is 476 g/mol. The SMILES string of the molecule is CCNC(=NCc1ccon1)N1CCN(Cc2ccc(OC)c(F)c2)CC1.I. The molecule has 2 heterocycles. The molecule has 0 bridgehead atoms. The first-order valence-corrected chi connectivity index (χ1v) is 9.17. The van der Waals surface area contributed by atoms with E-state index in [2.05, 4.69) is 32.2 Å². The van der Waals surface area contributed by atoms with Crippen molar-refractivity contribution >= 4 is 29.9 Å². The summed E-state index contributed by atoms with van der Waals surface area (Å²) in [7, 11) is 1.48. The Morgan fingerprint density at radius 3 is 2.68 bits per heavy atom. The summed E-state index contributed by atoms with van der Waals surface area (Å²) in [6, 6.07) is 6.96. The van der Waals surface area contributed by atoms with Crippen molar-refractivity contribution in [1.29, 1.82) is 0 Å². The van der Waals surface area contributed by atoms with E-state index in [0.29, 0.717) is 6.54 Å². The molecule has 0 spiro atoms. The highest BCUT2D eigenvalue weighted by molar-refractivity contribution is 14.0. The molecule has 2 aromatic rings. The number of nitrogens with zero attached hydrogens (tertiary/aromatic N) is 4. The van der Waals surface area contributed by atoms with E-state index >= 15 is 0 Å². The molecule has 28 heavy (non-hydrogen) atoms. The van der Waals surface area contributed by atoms with E-state index in [1.54, 1.807) is 18.4 Å². The van der Waals surface area contributed by atoms with Crippen molar-refractivity contribution in [2.75, 3.05) is 39.8 Å². The number of piperazine rings is 1. The Bertz CT molecular complexity index is 749. The standard InChI is InChI=1S/C19H26FN5O2.HI/c1-3-21-19(22-13-16-6-11-27-23-16)25-9-7-24(8-10-25)14-15-4-5-18(26-2)17(20)12-15;/h4-6,11-12H,3,7-10,13-14H2,1-2H3,(H,21,22);1H. The normalized spacial score (nSPS) is 15.2. The molecule has 1 saturated heterocycles. The second kappa shape index (κ2) is 11.2. The Hall–Kier alpha value is -1.88. The number of rotatable bonds is 6. The van der Waals surface area contributed by atoms with Gasteiger partial charge in [0.05, 0.1) is 13.7 Å². The molecule has 3 rings (SSSR count). The average Bonchev–Trinajstić information content (AvgIpc) is 3.20. The molecule has 0 amide bonds. The van der Waals surface area contributed by atoms with E-state index in [1.807, 2.05) is 12.1 Å². The molecule has 0 unspecified atom stereocenters. The molecule has 9 heteroatoms. The van der Waals surface area contributed by atoms with Gasteiger partial charge in [0, 0.05) is 45.3 Å². The highest BCUT2D eigenvalue weighted by atomic mass is 127. The quantitative estimate of drug-likeness (QED) is 0.372. The number of halogens is 2. The van der Waals surface area contributed by atoms with Crippen LogP contribution in [0.25, 0.3) is 0 Å². The summed E-state index contributed by atoms with van der Waals surface area (Å²) in [6.45, 7) is 7.59. The van der Waals surface area contributed by atoms with Crippen LogP contribution >= 0.6 is 24.0 Å². The van der Waals surface area contributed by atoms with Crippen molar-refractivity contribution < 1.29 is 13.7 Å². The Morgan fingerprint density at radius 2 is 2.07 bits per heavy atom. The summed E-state index contributed by atoms with van der Waals surface area (Å²) >= 11 is 0. The van der Waals surface area contributed by atoms with Crippen LogP contribution in [0.15, 0.2) is 40.0 Å². The third-order valence-corrected chi connectivity index (χ3v) is 4.51. The zero-order valence-electron chi connectivity index (χ0n) is 16.2. The van der Waals surface area contributed by atoms with Crippen molar-refractivity contribution in [3.8, 4) is 5.75 Å². The maximum Gasteiger partial charge on any atom is 0.194 e. The van der Waals surface area contributed by atoms with Gasteiger partial charge < -0.3 is 19.5 Å². The van der Waals surface area contributed by atoms with E-state index in [0.717, 1.165) is 56.5 Å². The summed E-state index contributed by atoms with van der Waals surface area (Å²) in [4.78, 5) is 9.21. The number of ether oxygens (including phenoxy) is 1. The van der Waals surface area contributed by atoms with Crippen molar-refractivity contribution in [3.05, 3.63) is 47.6 Å². The molecule has 1 aliphatic heterocycles. The largest absolute Gasteiger partial charge is 0.494 e. The van der Waals surface area contributed by atoms with Gasteiger partial charge in [-0.2, -0.15) is 0 Å². The fourth-order valence-corrected chi connectivity index (χ4v) is 3.09. The van der Waals surface area contributed by atoms with E-state index < -0.39 is 0 Å². The van der Waals surface area contributed by atoms with Gasteiger partial charge in [0.15, 0.2) is 17.5 Å². The number of methoxy groups -OCH3 is 1. The third kappa shape index (κ3) is 6.06. The maximum atomic E-state index is 13.9. The number of guanidine groups is 1. The minimum absolute atomic E-state index is 0. The summed E-state index contributed by atoms with van der Waals surface area (Å²) in [5, 5.41) is 7.23. The van der Waals surface area contributed by atoms with Gasteiger partial charge in [-0.05, 0) is 24.6 Å². The van der Waals surface area contributed by atoms with Gasteiger partial charge in [-0.25, -0.2) is 9.38 Å². The van der Waals surface area contributed by atoms with Crippen LogP contribution in [0.1, 0.15) is 18.2 Å². The van der Waals surface area contributed by atoms with E-state index in [-0.39, 0.29) is 35.5 Å². The number of hydrogen-bond donors (Lipinski definition) is 1. The average molecular weight is 503 g/mol. The maximum absolute atomic E-state index is 13.9. The molecular formula is C19H27FIN5O2. The number of nitrogens with one attached hydrogen (secondary N) is 1. The second-order valence-electron chi connectivity index (χ2n) is 6.39. The van der Waals surface area contributed by atoms with Crippen LogP contribution in [-0.4, -0.2) is 60.7 Å². The molecule has 0 radical (unpaired) electrons. The van der Waals surface area contributed by atoms with Gasteiger partial charge in [0.2, 0.25) is 0 Å². The van der Waals surface area contributed by atoms with E-state index in [4.69, 9.17) is 9.26 Å². The van der Waals surface area contributed by atoms with E-state index in [9.17, 15) is 4.39 Å². The van der Waals surface area contributed by atoms with Gasteiger partial charge in [-0.15, -0.1) is 24.0 Å². The van der Waals surface area contributed by atoms with Crippen molar-refractivity contribution in [3.63, 3.8) is 0 Å². The summed E-state index contributed by atoms with van der Waals surface area (Å²) in [5.41, 5.74) is 1.76. The van der Waals surface area contributed by atoms with Crippen molar-refractivity contribution in [2.24, 2.45) is 4.99 Å². The van der Waals surface area contributed by atoms with Gasteiger partial charge in [0.25, 0.3) is 0 Å². The molecule has 154 valence electrons. The fraction of sp³-hybridized carbons (Fsp3) is 0.474. The molecule has 1 aromatic heterocycles. The Balaban J connectivity index is 0.00000280. The lowest BCUT2D eigenvalue weighted by Crippen LogP contribution is -2.52. The van der Waals surface area contributed by atoms with Crippen LogP contribution in [-0.2, 0) is 13.1 Å². The zero-order chi connectivity index (χ0) is 19.1. The predicted octanol–water partition coefficient (Wildman–Crippen LogP) is 2.72. The van der Waals surface area contributed by atoms with Gasteiger partial charge in [-0.1, -0.05) is 11.2 Å². The first-order valence-electron chi connectivity index (χ1n) is 9.17. The molecule has 0 aliphatic carbocycles. The minimum Gasteiger partial charge on any atom is -0.494 e. The smallest absolute Gasteiger partial charge is 0.194 e. The summed E-state index contributed by atoms with van der Waals surface area (Å²) < 4.78 is 23.7.